The van der Waals surface area contributed by atoms with E-state index in [9.17, 15) is 4.79 Å². The molecule has 1 saturated heterocycles. The van der Waals surface area contributed by atoms with Gasteiger partial charge in [0.2, 0.25) is 0 Å². The lowest BCUT2D eigenvalue weighted by Crippen LogP contribution is -2.50. The van der Waals surface area contributed by atoms with Gasteiger partial charge in [0.05, 0.1) is 6.61 Å². The highest BCUT2D eigenvalue weighted by atomic mass is 16.5. The number of nitrogens with zero attached hydrogens (tertiary/aromatic N) is 1. The van der Waals surface area contributed by atoms with Crippen LogP contribution in [0.3, 0.4) is 0 Å². The molecule has 1 heterocycles. The Hall–Kier alpha value is -0.650. The molecule has 0 aromatic rings. The maximum Gasteiger partial charge on any atom is 0.250 e. The number of likely N-dealkylation sites (N-methyl/N-ethyl adjacent to an activating group) is 2. The minimum Gasteiger partial charge on any atom is -0.366 e. The van der Waals surface area contributed by atoms with E-state index in [1.165, 1.54) is 0 Å². The van der Waals surface area contributed by atoms with Crippen molar-refractivity contribution in [2.45, 2.75) is 20.0 Å². The van der Waals surface area contributed by atoms with Crippen LogP contribution >= 0.6 is 0 Å². The normalized spacial score (nSPS) is 22.0. The van der Waals surface area contributed by atoms with Gasteiger partial charge in [-0.05, 0) is 13.1 Å². The molecule has 5 heteroatoms. The molecule has 0 aromatic heterocycles. The van der Waals surface area contributed by atoms with E-state index in [0.717, 1.165) is 26.2 Å². The predicted molar refractivity (Wildman–Crippen MR) is 63.4 cm³/mol. The monoisotopic (exact) mass is 229 g/mol. The summed E-state index contributed by atoms with van der Waals surface area (Å²) in [6.07, 6.45) is -0.296. The average molecular weight is 229 g/mol. The molecule has 0 radical (unpaired) electrons. The summed E-state index contributed by atoms with van der Waals surface area (Å²) in [6, 6.07) is 0. The van der Waals surface area contributed by atoms with E-state index in [0.29, 0.717) is 19.7 Å². The van der Waals surface area contributed by atoms with Crippen LogP contribution < -0.4 is 10.6 Å². The molecule has 1 unspecified atom stereocenters. The van der Waals surface area contributed by atoms with Crippen LogP contribution in [0.25, 0.3) is 0 Å². The molecule has 1 rings (SSSR count). The number of morpholine rings is 1. The molecule has 0 spiro atoms. The molecule has 1 atom stereocenters. The van der Waals surface area contributed by atoms with Crippen molar-refractivity contribution in [1.29, 1.82) is 0 Å². The zero-order chi connectivity index (χ0) is 11.8. The molecule has 1 fully saturated rings. The number of carbonyl (C=O) groups is 1. The zero-order valence-electron chi connectivity index (χ0n) is 10.3. The van der Waals surface area contributed by atoms with Gasteiger partial charge in [0.25, 0.3) is 5.91 Å². The van der Waals surface area contributed by atoms with E-state index >= 15 is 0 Å². The first-order valence-electron chi connectivity index (χ1n) is 6.10. The van der Waals surface area contributed by atoms with Crippen molar-refractivity contribution in [2.24, 2.45) is 0 Å². The van der Waals surface area contributed by atoms with Crippen LogP contribution in [0, 0.1) is 0 Å². The predicted octanol–water partition coefficient (Wildman–Crippen LogP) is -0.567. The molecule has 1 amide bonds. The van der Waals surface area contributed by atoms with Gasteiger partial charge in [-0.2, -0.15) is 0 Å². The van der Waals surface area contributed by atoms with Crippen molar-refractivity contribution in [1.82, 2.24) is 15.5 Å². The van der Waals surface area contributed by atoms with Crippen molar-refractivity contribution in [3.63, 3.8) is 0 Å². The lowest BCUT2D eigenvalue weighted by atomic mass is 10.2. The Bertz CT molecular complexity index is 211. The topological polar surface area (TPSA) is 53.6 Å². The third kappa shape index (κ3) is 4.47. The van der Waals surface area contributed by atoms with Gasteiger partial charge in [0, 0.05) is 26.2 Å². The summed E-state index contributed by atoms with van der Waals surface area (Å²) in [6.45, 7) is 9.83. The number of amides is 1. The van der Waals surface area contributed by atoms with Crippen LogP contribution in [0.2, 0.25) is 0 Å². The first kappa shape index (κ1) is 13.4. The van der Waals surface area contributed by atoms with Crippen molar-refractivity contribution in [3.05, 3.63) is 0 Å². The van der Waals surface area contributed by atoms with Gasteiger partial charge in [-0.1, -0.05) is 13.8 Å². The second kappa shape index (κ2) is 7.60. The first-order valence-corrected chi connectivity index (χ1v) is 6.10. The van der Waals surface area contributed by atoms with Crippen molar-refractivity contribution in [3.8, 4) is 0 Å². The molecule has 0 bridgehead atoms. The fourth-order valence-electron chi connectivity index (χ4n) is 1.71. The molecule has 16 heavy (non-hydrogen) atoms. The SMILES string of the molecule is CCNCCNC(=O)C1CN(CC)CCO1. The Morgan fingerprint density at radius 2 is 2.25 bits per heavy atom. The van der Waals surface area contributed by atoms with E-state index in [1.807, 2.05) is 6.92 Å². The van der Waals surface area contributed by atoms with Crippen LogP contribution in [-0.4, -0.2) is 62.8 Å². The summed E-state index contributed by atoms with van der Waals surface area (Å²) in [5.74, 6) is 0.0102. The number of nitrogens with one attached hydrogen (secondary N) is 2. The van der Waals surface area contributed by atoms with E-state index < -0.39 is 0 Å². The Balaban J connectivity index is 2.19. The highest BCUT2D eigenvalue weighted by Crippen LogP contribution is 2.04. The lowest BCUT2D eigenvalue weighted by molar-refractivity contribution is -0.138. The first-order chi connectivity index (χ1) is 7.77. The van der Waals surface area contributed by atoms with Gasteiger partial charge in [-0.3, -0.25) is 9.69 Å². The van der Waals surface area contributed by atoms with E-state index in [2.05, 4.69) is 22.5 Å². The molecule has 1 aliphatic rings. The highest BCUT2D eigenvalue weighted by Gasteiger charge is 2.25. The van der Waals surface area contributed by atoms with Crippen LogP contribution in [0.5, 0.6) is 0 Å². The smallest absolute Gasteiger partial charge is 0.250 e. The summed E-state index contributed by atoms with van der Waals surface area (Å²) in [5, 5.41) is 6.04. The fraction of sp³-hybridized carbons (Fsp3) is 0.909. The molecule has 1 aliphatic heterocycles. The number of hydrogen-bond donors (Lipinski definition) is 2. The average Bonchev–Trinajstić information content (AvgIpc) is 2.34. The summed E-state index contributed by atoms with van der Waals surface area (Å²) >= 11 is 0. The van der Waals surface area contributed by atoms with Crippen LogP contribution in [-0.2, 0) is 9.53 Å². The van der Waals surface area contributed by atoms with Crippen LogP contribution in [0.1, 0.15) is 13.8 Å². The van der Waals surface area contributed by atoms with E-state index in [-0.39, 0.29) is 12.0 Å². The van der Waals surface area contributed by atoms with Gasteiger partial charge in [-0.25, -0.2) is 0 Å². The van der Waals surface area contributed by atoms with E-state index in [1.54, 1.807) is 0 Å². The van der Waals surface area contributed by atoms with Gasteiger partial charge in [0.1, 0.15) is 6.10 Å². The highest BCUT2D eigenvalue weighted by molar-refractivity contribution is 5.81. The van der Waals surface area contributed by atoms with Crippen molar-refractivity contribution >= 4 is 5.91 Å². The Morgan fingerprint density at radius 1 is 1.44 bits per heavy atom. The Morgan fingerprint density at radius 3 is 2.94 bits per heavy atom. The fourth-order valence-corrected chi connectivity index (χ4v) is 1.71. The van der Waals surface area contributed by atoms with Crippen LogP contribution in [0.4, 0.5) is 0 Å². The number of ether oxygens (including phenoxy) is 1. The van der Waals surface area contributed by atoms with Crippen LogP contribution in [0.15, 0.2) is 0 Å². The number of carbonyl (C=O) groups excluding carboxylic acids is 1. The summed E-state index contributed by atoms with van der Waals surface area (Å²) < 4.78 is 5.45. The molecule has 5 nitrogen and oxygen atoms in total. The minimum atomic E-state index is -0.296. The minimum absolute atomic E-state index is 0.0102. The van der Waals surface area contributed by atoms with Gasteiger partial charge in [-0.15, -0.1) is 0 Å². The van der Waals surface area contributed by atoms with Crippen molar-refractivity contribution < 1.29 is 9.53 Å². The van der Waals surface area contributed by atoms with Gasteiger partial charge in [0.15, 0.2) is 0 Å². The number of hydrogen-bond acceptors (Lipinski definition) is 4. The Kier molecular flexibility index (Phi) is 6.37. The number of rotatable bonds is 6. The molecular formula is C11H23N3O2. The van der Waals surface area contributed by atoms with E-state index in [4.69, 9.17) is 4.74 Å². The van der Waals surface area contributed by atoms with Gasteiger partial charge < -0.3 is 15.4 Å². The Labute approximate surface area is 97.5 Å². The maximum atomic E-state index is 11.7. The molecular weight excluding hydrogens is 206 g/mol. The van der Waals surface area contributed by atoms with Gasteiger partial charge >= 0.3 is 0 Å². The summed E-state index contributed by atoms with van der Waals surface area (Å²) in [5.41, 5.74) is 0. The zero-order valence-corrected chi connectivity index (χ0v) is 10.3. The second-order valence-electron chi connectivity index (χ2n) is 3.90. The summed E-state index contributed by atoms with van der Waals surface area (Å²) in [4.78, 5) is 14.0. The van der Waals surface area contributed by atoms with Crippen molar-refractivity contribution in [2.75, 3.05) is 45.9 Å². The summed E-state index contributed by atoms with van der Waals surface area (Å²) in [7, 11) is 0. The molecule has 0 aliphatic carbocycles. The lowest BCUT2D eigenvalue weighted by Gasteiger charge is -2.31. The molecule has 94 valence electrons. The largest absolute Gasteiger partial charge is 0.366 e. The maximum absolute atomic E-state index is 11.7. The molecule has 0 saturated carbocycles. The quantitative estimate of drug-likeness (QED) is 0.599. The molecule has 0 aromatic carbocycles. The third-order valence-electron chi connectivity index (χ3n) is 2.74. The molecule has 2 N–H and O–H groups in total. The third-order valence-corrected chi connectivity index (χ3v) is 2.74. The standard InChI is InChI=1S/C11H23N3O2/c1-3-12-5-6-13-11(15)10-9-14(4-2)7-8-16-10/h10,12H,3-9H2,1-2H3,(H,13,15). The second-order valence-corrected chi connectivity index (χ2v) is 3.90.